The molecule has 174 valence electrons. The maximum atomic E-state index is 13.0. The minimum atomic E-state index is -0.275. The molecule has 3 heterocycles. The van der Waals surface area contributed by atoms with Gasteiger partial charge in [-0.3, -0.25) is 9.69 Å². The number of hydrogen-bond acceptors (Lipinski definition) is 8. The van der Waals surface area contributed by atoms with Crippen LogP contribution in [0, 0.1) is 18.3 Å². The molecule has 0 aliphatic carbocycles. The van der Waals surface area contributed by atoms with Crippen LogP contribution in [0.2, 0.25) is 0 Å². The Morgan fingerprint density at radius 2 is 2.09 bits per heavy atom. The van der Waals surface area contributed by atoms with Crippen molar-refractivity contribution in [2.45, 2.75) is 19.5 Å². The van der Waals surface area contributed by atoms with E-state index in [1.807, 2.05) is 43.4 Å². The lowest BCUT2D eigenvalue weighted by Crippen LogP contribution is -2.37. The van der Waals surface area contributed by atoms with Crippen LogP contribution in [0.1, 0.15) is 38.1 Å². The Bertz CT molecular complexity index is 1300. The van der Waals surface area contributed by atoms with Crippen LogP contribution in [0.3, 0.4) is 0 Å². The first kappa shape index (κ1) is 22.1. The molecular formula is C25H24N4O4S. The number of anilines is 2. The molecule has 8 nitrogen and oxygen atoms in total. The molecule has 0 saturated heterocycles. The quantitative estimate of drug-likeness (QED) is 0.559. The van der Waals surface area contributed by atoms with Gasteiger partial charge in [-0.15, -0.1) is 11.3 Å². The summed E-state index contributed by atoms with van der Waals surface area (Å²) in [6, 6.07) is 13.6. The summed E-state index contributed by atoms with van der Waals surface area (Å²) in [5.41, 5.74) is 3.87. The van der Waals surface area contributed by atoms with Gasteiger partial charge < -0.3 is 24.8 Å². The number of benzene rings is 2. The van der Waals surface area contributed by atoms with Gasteiger partial charge in [-0.25, -0.2) is 0 Å². The van der Waals surface area contributed by atoms with Gasteiger partial charge in [0.25, 0.3) is 5.91 Å². The van der Waals surface area contributed by atoms with Crippen LogP contribution in [0.5, 0.6) is 17.2 Å². The van der Waals surface area contributed by atoms with Crippen LogP contribution in [-0.2, 0) is 6.42 Å². The molecule has 9 heteroatoms. The number of ether oxygens (including phenoxy) is 3. The predicted octanol–water partition coefficient (Wildman–Crippen LogP) is 4.52. The number of para-hydroxylation sites is 1. The summed E-state index contributed by atoms with van der Waals surface area (Å²) in [7, 11) is 3.63. The smallest absolute Gasteiger partial charge is 0.266 e. The average molecular weight is 477 g/mol. The fourth-order valence-corrected chi connectivity index (χ4v) is 5.49. The Labute approximate surface area is 201 Å². The lowest BCUT2D eigenvalue weighted by molar-refractivity contribution is 0.103. The van der Waals surface area contributed by atoms with Gasteiger partial charge in [0.05, 0.1) is 17.6 Å². The molecule has 0 radical (unpaired) electrons. The number of nitrogens with one attached hydrogen (secondary N) is 2. The summed E-state index contributed by atoms with van der Waals surface area (Å²) in [4.78, 5) is 15.7. The number of rotatable bonds is 5. The standard InChI is InChI=1S/C25H24N4O4S/c1-14-17(12-26)25(34-22(14)24(30)27-16-7-5-4-6-8-16)28-23-19-15(9-10-29(23)2)11-18-20(21(19)31-3)33-13-32-18/h4-8,11,23,28H,9-10,13H2,1-3H3,(H,27,30). The molecule has 0 bridgehead atoms. The van der Waals surface area contributed by atoms with E-state index in [2.05, 4.69) is 21.6 Å². The zero-order valence-corrected chi connectivity index (χ0v) is 19.9. The first-order valence-electron chi connectivity index (χ1n) is 10.9. The highest BCUT2D eigenvalue weighted by Gasteiger charge is 2.35. The number of nitrogens with zero attached hydrogens (tertiary/aromatic N) is 2. The summed E-state index contributed by atoms with van der Waals surface area (Å²) in [6.45, 7) is 2.77. The van der Waals surface area contributed by atoms with Gasteiger partial charge in [0.2, 0.25) is 12.5 Å². The zero-order valence-electron chi connectivity index (χ0n) is 19.1. The SMILES string of the molecule is COc1c2c(cc3c1C(Nc1sc(C(=O)Nc4ccccc4)c(C)c1C#N)N(C)CC3)OCO2. The second-order valence-electron chi connectivity index (χ2n) is 8.19. The van der Waals surface area contributed by atoms with E-state index < -0.39 is 0 Å². The maximum Gasteiger partial charge on any atom is 0.266 e. The molecule has 0 spiro atoms. The van der Waals surface area contributed by atoms with Crippen molar-refractivity contribution in [3.63, 3.8) is 0 Å². The van der Waals surface area contributed by atoms with Gasteiger partial charge in [0.15, 0.2) is 11.5 Å². The van der Waals surface area contributed by atoms with Crippen molar-refractivity contribution in [1.29, 1.82) is 5.26 Å². The van der Waals surface area contributed by atoms with E-state index in [-0.39, 0.29) is 18.9 Å². The fraction of sp³-hybridized carbons (Fsp3) is 0.280. The van der Waals surface area contributed by atoms with E-state index in [9.17, 15) is 10.1 Å². The van der Waals surface area contributed by atoms with Crippen LogP contribution in [0.25, 0.3) is 0 Å². The molecule has 0 fully saturated rings. The Balaban J connectivity index is 1.51. The van der Waals surface area contributed by atoms with Gasteiger partial charge in [-0.2, -0.15) is 5.26 Å². The molecular weight excluding hydrogens is 452 g/mol. The summed E-state index contributed by atoms with van der Waals surface area (Å²) in [5.74, 6) is 1.66. The summed E-state index contributed by atoms with van der Waals surface area (Å²) < 4.78 is 17.0. The summed E-state index contributed by atoms with van der Waals surface area (Å²) in [6.07, 6.45) is 0.555. The van der Waals surface area contributed by atoms with E-state index in [1.54, 1.807) is 14.0 Å². The van der Waals surface area contributed by atoms with Crippen LogP contribution in [0.4, 0.5) is 10.7 Å². The Hall–Kier alpha value is -3.74. The molecule has 1 amide bonds. The minimum absolute atomic E-state index is 0.158. The van der Waals surface area contributed by atoms with E-state index in [0.717, 1.165) is 24.1 Å². The van der Waals surface area contributed by atoms with Crippen molar-refractivity contribution in [2.75, 3.05) is 38.1 Å². The first-order valence-corrected chi connectivity index (χ1v) is 11.7. The van der Waals surface area contributed by atoms with Crippen LogP contribution in [0.15, 0.2) is 36.4 Å². The highest BCUT2D eigenvalue weighted by atomic mass is 32.1. The van der Waals surface area contributed by atoms with Gasteiger partial charge in [0.1, 0.15) is 17.2 Å². The molecule has 2 aromatic carbocycles. The number of methoxy groups -OCH3 is 1. The van der Waals surface area contributed by atoms with Crippen LogP contribution in [-0.4, -0.2) is 38.3 Å². The highest BCUT2D eigenvalue weighted by Crippen LogP contribution is 2.50. The number of likely N-dealkylation sites (N-methyl/N-ethyl adjacent to an activating group) is 1. The predicted molar refractivity (Wildman–Crippen MR) is 130 cm³/mol. The molecule has 3 aromatic rings. The van der Waals surface area contributed by atoms with Crippen LogP contribution < -0.4 is 24.8 Å². The third-order valence-electron chi connectivity index (χ3n) is 6.16. The molecule has 2 aliphatic heterocycles. The van der Waals surface area contributed by atoms with Gasteiger partial charge in [-0.1, -0.05) is 18.2 Å². The fourth-order valence-electron chi connectivity index (χ4n) is 4.42. The molecule has 1 unspecified atom stereocenters. The topological polar surface area (TPSA) is 95.9 Å². The zero-order chi connectivity index (χ0) is 23.8. The third-order valence-corrected chi connectivity index (χ3v) is 7.38. The number of nitriles is 1. The summed E-state index contributed by atoms with van der Waals surface area (Å²) in [5, 5.41) is 17.0. The van der Waals surface area contributed by atoms with Gasteiger partial charge >= 0.3 is 0 Å². The van der Waals surface area contributed by atoms with Crippen LogP contribution >= 0.6 is 11.3 Å². The van der Waals surface area contributed by atoms with E-state index in [1.165, 1.54) is 11.3 Å². The molecule has 2 aliphatic rings. The Morgan fingerprint density at radius 3 is 2.82 bits per heavy atom. The molecule has 1 aromatic heterocycles. The van der Waals surface area contributed by atoms with Crippen molar-refractivity contribution < 1.29 is 19.0 Å². The van der Waals surface area contributed by atoms with Crippen molar-refractivity contribution in [3.05, 3.63) is 63.5 Å². The largest absolute Gasteiger partial charge is 0.492 e. The van der Waals surface area contributed by atoms with E-state index >= 15 is 0 Å². The van der Waals surface area contributed by atoms with E-state index in [4.69, 9.17) is 14.2 Å². The lowest BCUT2D eigenvalue weighted by atomic mass is 9.95. The number of carbonyl (C=O) groups is 1. The second-order valence-corrected chi connectivity index (χ2v) is 9.21. The third kappa shape index (κ3) is 3.71. The Kier molecular flexibility index (Phi) is 5.77. The molecule has 0 saturated carbocycles. The monoisotopic (exact) mass is 476 g/mol. The highest BCUT2D eigenvalue weighted by molar-refractivity contribution is 7.18. The van der Waals surface area contributed by atoms with Gasteiger partial charge in [0, 0.05) is 17.8 Å². The van der Waals surface area contributed by atoms with Crippen molar-refractivity contribution in [1.82, 2.24) is 4.90 Å². The Morgan fingerprint density at radius 1 is 1.29 bits per heavy atom. The molecule has 34 heavy (non-hydrogen) atoms. The lowest BCUT2D eigenvalue weighted by Gasteiger charge is -2.36. The molecule has 5 rings (SSSR count). The number of fused-ring (bicyclic) bond motifs is 2. The van der Waals surface area contributed by atoms with Gasteiger partial charge in [-0.05, 0) is 49.7 Å². The van der Waals surface area contributed by atoms with Crippen molar-refractivity contribution in [3.8, 4) is 23.3 Å². The second kappa shape index (κ2) is 8.89. The number of hydrogen-bond donors (Lipinski definition) is 2. The van der Waals surface area contributed by atoms with Crippen molar-refractivity contribution in [2.24, 2.45) is 0 Å². The number of carbonyl (C=O) groups excluding carboxylic acids is 1. The van der Waals surface area contributed by atoms with Crippen molar-refractivity contribution >= 4 is 27.9 Å². The normalized spacial score (nSPS) is 16.5. The first-order chi connectivity index (χ1) is 16.5. The molecule has 2 N–H and O–H groups in total. The number of amides is 1. The maximum absolute atomic E-state index is 13.0. The van der Waals surface area contributed by atoms with E-state index in [0.29, 0.717) is 43.9 Å². The minimum Gasteiger partial charge on any atom is -0.492 e. The summed E-state index contributed by atoms with van der Waals surface area (Å²) >= 11 is 1.28. The average Bonchev–Trinajstić information content (AvgIpc) is 3.43. The number of thiophene rings is 1. The molecule has 1 atom stereocenters.